The largest absolute Gasteiger partial charge is 0.462 e. The van der Waals surface area contributed by atoms with Gasteiger partial charge >= 0.3 is 24.2 Å². The average Bonchev–Trinajstić information content (AvgIpc) is 2.53. The number of esters is 1. The molecule has 0 bridgehead atoms. The zero-order chi connectivity index (χ0) is 27.3. The van der Waals surface area contributed by atoms with E-state index in [9.17, 15) is 63.3 Å². The number of halogens is 11. The fourth-order valence-corrected chi connectivity index (χ4v) is 3.92. The van der Waals surface area contributed by atoms with Gasteiger partial charge in [-0.15, -0.1) is 0 Å². The lowest BCUT2D eigenvalue weighted by atomic mass is 9.68. The molecule has 1 rings (SSSR count). The predicted octanol–water partition coefficient (Wildman–Crippen LogP) is 5.35. The molecule has 1 saturated carbocycles. The second kappa shape index (κ2) is 8.93. The molecule has 0 spiro atoms. The Balaban J connectivity index is 3.40. The van der Waals surface area contributed by atoms with Crippen molar-refractivity contribution in [2.75, 3.05) is 0 Å². The minimum atomic E-state index is -6.36. The van der Waals surface area contributed by atoms with E-state index in [1.54, 1.807) is 0 Å². The standard InChI is InChI=1S/C19H25F11O4/c1-9-5-11(17(23,24)15(22,6-9)14(4,20)21)12(31)34-10(7-13(2,3)32)8-16(33,18(25,26)27)19(28,29)30/h9-11,32-33H,5-8H2,1-4H3. The number of carbonyl (C=O) groups excluding carboxylic acids is 1. The van der Waals surface area contributed by atoms with Crippen molar-refractivity contribution in [3.05, 3.63) is 0 Å². The summed E-state index contributed by atoms with van der Waals surface area (Å²) < 4.78 is 155. The molecule has 0 amide bonds. The number of aliphatic hydroxyl groups is 2. The van der Waals surface area contributed by atoms with Crippen molar-refractivity contribution in [3.63, 3.8) is 0 Å². The van der Waals surface area contributed by atoms with Gasteiger partial charge < -0.3 is 14.9 Å². The molecule has 0 heterocycles. The third-order valence-corrected chi connectivity index (χ3v) is 5.69. The third kappa shape index (κ3) is 5.88. The van der Waals surface area contributed by atoms with Crippen molar-refractivity contribution in [1.29, 1.82) is 0 Å². The molecule has 0 aromatic rings. The van der Waals surface area contributed by atoms with Crippen LogP contribution in [0.25, 0.3) is 0 Å². The lowest BCUT2D eigenvalue weighted by Gasteiger charge is -2.46. The number of ether oxygens (including phenoxy) is 1. The lowest BCUT2D eigenvalue weighted by Crippen LogP contribution is -2.64. The summed E-state index contributed by atoms with van der Waals surface area (Å²) in [5.74, 6) is -16.3. The first-order valence-corrected chi connectivity index (χ1v) is 9.93. The van der Waals surface area contributed by atoms with Gasteiger partial charge in [0.2, 0.25) is 5.67 Å². The Kier molecular flexibility index (Phi) is 8.05. The van der Waals surface area contributed by atoms with Gasteiger partial charge in [-0.2, -0.15) is 26.3 Å². The lowest BCUT2D eigenvalue weighted by molar-refractivity contribution is -0.374. The molecule has 0 radical (unpaired) electrons. The van der Waals surface area contributed by atoms with Gasteiger partial charge in [-0.3, -0.25) is 4.79 Å². The van der Waals surface area contributed by atoms with Crippen molar-refractivity contribution in [1.82, 2.24) is 0 Å². The van der Waals surface area contributed by atoms with Gasteiger partial charge in [-0.25, -0.2) is 22.0 Å². The van der Waals surface area contributed by atoms with Crippen LogP contribution in [0.1, 0.15) is 53.4 Å². The average molecular weight is 526 g/mol. The number of hydrogen-bond donors (Lipinski definition) is 2. The summed E-state index contributed by atoms with van der Waals surface area (Å²) in [6, 6.07) is 0. The van der Waals surface area contributed by atoms with Crippen LogP contribution in [-0.4, -0.2) is 63.4 Å². The van der Waals surface area contributed by atoms with Gasteiger partial charge in [0.05, 0.1) is 5.60 Å². The maximum atomic E-state index is 14.8. The SMILES string of the molecule is CC1CC(C(=O)OC(CC(C)(C)O)CC(O)(C(F)(F)F)C(F)(F)F)C(F)(F)C(F)(C(C)(F)F)C1. The van der Waals surface area contributed by atoms with Gasteiger partial charge in [-0.1, -0.05) is 6.92 Å². The summed E-state index contributed by atoms with van der Waals surface area (Å²) in [5.41, 5.74) is -12.2. The van der Waals surface area contributed by atoms with Gasteiger partial charge in [0.1, 0.15) is 12.0 Å². The number of hydrogen-bond acceptors (Lipinski definition) is 4. The fourth-order valence-electron chi connectivity index (χ4n) is 3.92. The summed E-state index contributed by atoms with van der Waals surface area (Å²) in [5, 5.41) is 19.2. The van der Waals surface area contributed by atoms with Crippen LogP contribution in [0.5, 0.6) is 0 Å². The highest BCUT2D eigenvalue weighted by Crippen LogP contribution is 2.57. The van der Waals surface area contributed by atoms with E-state index in [0.717, 1.165) is 20.8 Å². The second-order valence-corrected chi connectivity index (χ2v) is 9.55. The van der Waals surface area contributed by atoms with Gasteiger partial charge in [0, 0.05) is 19.8 Å². The fraction of sp³-hybridized carbons (Fsp3) is 0.947. The number of carbonyl (C=O) groups is 1. The first-order valence-electron chi connectivity index (χ1n) is 9.93. The third-order valence-electron chi connectivity index (χ3n) is 5.69. The summed E-state index contributed by atoms with van der Waals surface area (Å²) in [4.78, 5) is 12.4. The van der Waals surface area contributed by atoms with Gasteiger partial charge in [-0.05, 0) is 32.6 Å². The van der Waals surface area contributed by atoms with Crippen LogP contribution >= 0.6 is 0 Å². The highest BCUT2D eigenvalue weighted by atomic mass is 19.4. The molecule has 15 heteroatoms. The van der Waals surface area contributed by atoms with E-state index in [1.807, 2.05) is 0 Å². The molecule has 4 atom stereocenters. The first kappa shape index (κ1) is 30.7. The van der Waals surface area contributed by atoms with Crippen LogP contribution < -0.4 is 0 Å². The molecule has 2 N–H and O–H groups in total. The van der Waals surface area contributed by atoms with E-state index in [1.165, 1.54) is 0 Å². The molecule has 202 valence electrons. The molecule has 0 aromatic carbocycles. The molecule has 1 aliphatic rings. The molecule has 34 heavy (non-hydrogen) atoms. The Labute approximate surface area is 187 Å². The van der Waals surface area contributed by atoms with E-state index in [-0.39, 0.29) is 6.92 Å². The van der Waals surface area contributed by atoms with Gasteiger partial charge in [0.25, 0.3) is 11.5 Å². The predicted molar refractivity (Wildman–Crippen MR) is 93.8 cm³/mol. The number of alkyl halides is 11. The van der Waals surface area contributed by atoms with E-state index < -0.39 is 90.7 Å². The Hall–Kier alpha value is -1.38. The van der Waals surface area contributed by atoms with Crippen LogP contribution in [0.4, 0.5) is 48.3 Å². The van der Waals surface area contributed by atoms with Crippen LogP contribution in [0.2, 0.25) is 0 Å². The smallest absolute Gasteiger partial charge is 0.426 e. The van der Waals surface area contributed by atoms with E-state index in [0.29, 0.717) is 0 Å². The molecular formula is C19H25F11O4. The zero-order valence-electron chi connectivity index (χ0n) is 18.4. The van der Waals surface area contributed by atoms with Crippen LogP contribution in [0.15, 0.2) is 0 Å². The Morgan fingerprint density at radius 1 is 0.941 bits per heavy atom. The molecule has 0 saturated heterocycles. The summed E-state index contributed by atoms with van der Waals surface area (Å²) in [6.07, 6.45) is -21.4. The normalized spacial score (nSPS) is 27.9. The quantitative estimate of drug-likeness (QED) is 0.347. The molecule has 0 aliphatic heterocycles. The topological polar surface area (TPSA) is 66.8 Å². The molecule has 4 unspecified atom stereocenters. The highest BCUT2D eigenvalue weighted by molar-refractivity contribution is 5.74. The summed E-state index contributed by atoms with van der Waals surface area (Å²) in [7, 11) is 0. The van der Waals surface area contributed by atoms with E-state index in [4.69, 9.17) is 0 Å². The monoisotopic (exact) mass is 526 g/mol. The number of rotatable bonds is 7. The minimum absolute atomic E-state index is 0.162. The van der Waals surface area contributed by atoms with E-state index >= 15 is 0 Å². The summed E-state index contributed by atoms with van der Waals surface area (Å²) in [6.45, 7) is 2.62. The van der Waals surface area contributed by atoms with Crippen LogP contribution in [0, 0.1) is 11.8 Å². The second-order valence-electron chi connectivity index (χ2n) is 9.55. The molecule has 1 fully saturated rings. The maximum absolute atomic E-state index is 14.8. The Morgan fingerprint density at radius 3 is 1.74 bits per heavy atom. The van der Waals surface area contributed by atoms with Crippen molar-refractivity contribution < 1.29 is 68.0 Å². The van der Waals surface area contributed by atoms with Gasteiger partial charge in [0.15, 0.2) is 0 Å². The Morgan fingerprint density at radius 2 is 1.38 bits per heavy atom. The Bertz CT molecular complexity index is 722. The van der Waals surface area contributed by atoms with E-state index in [2.05, 4.69) is 4.74 Å². The van der Waals surface area contributed by atoms with Crippen molar-refractivity contribution in [3.8, 4) is 0 Å². The molecular weight excluding hydrogens is 501 g/mol. The highest BCUT2D eigenvalue weighted by Gasteiger charge is 2.74. The maximum Gasteiger partial charge on any atom is 0.426 e. The zero-order valence-corrected chi connectivity index (χ0v) is 18.4. The van der Waals surface area contributed by atoms with Crippen molar-refractivity contribution in [2.45, 2.75) is 101 Å². The summed E-state index contributed by atoms with van der Waals surface area (Å²) >= 11 is 0. The molecule has 4 nitrogen and oxygen atoms in total. The molecule has 0 aromatic heterocycles. The van der Waals surface area contributed by atoms with Crippen LogP contribution in [0.3, 0.4) is 0 Å². The van der Waals surface area contributed by atoms with Crippen LogP contribution in [-0.2, 0) is 9.53 Å². The van der Waals surface area contributed by atoms with Crippen molar-refractivity contribution >= 4 is 5.97 Å². The molecule has 1 aliphatic carbocycles. The first-order chi connectivity index (χ1) is 14.7. The minimum Gasteiger partial charge on any atom is -0.462 e. The van der Waals surface area contributed by atoms with Crippen molar-refractivity contribution in [2.24, 2.45) is 11.8 Å².